The molecule has 24 heavy (non-hydrogen) atoms. The minimum Gasteiger partial charge on any atom is -0.481 e. The van der Waals surface area contributed by atoms with Crippen LogP contribution in [-0.4, -0.2) is 49.1 Å². The number of carbonyl (C=O) groups excluding carboxylic acids is 3. The maximum Gasteiger partial charge on any atom is 0.325 e. The van der Waals surface area contributed by atoms with Crippen LogP contribution in [0.25, 0.3) is 0 Å². The fourth-order valence-corrected chi connectivity index (χ4v) is 2.09. The van der Waals surface area contributed by atoms with Crippen LogP contribution in [0.4, 0.5) is 11.4 Å². The highest BCUT2D eigenvalue weighted by molar-refractivity contribution is 6.02. The number of fused-ring (bicyclic) bond motifs is 1. The minimum absolute atomic E-state index is 0.153. The van der Waals surface area contributed by atoms with Gasteiger partial charge >= 0.3 is 11.9 Å². The van der Waals surface area contributed by atoms with E-state index >= 15 is 0 Å². The topological polar surface area (TPSA) is 122 Å². The highest BCUT2D eigenvalue weighted by atomic mass is 16.5. The zero-order valence-corrected chi connectivity index (χ0v) is 12.9. The lowest BCUT2D eigenvalue weighted by atomic mass is 10.2. The number of carbonyl (C=O) groups is 4. The number of nitrogens with one attached hydrogen (secondary N) is 1. The Morgan fingerprint density at radius 2 is 2.08 bits per heavy atom. The molecule has 1 aliphatic heterocycles. The Morgan fingerprint density at radius 1 is 1.33 bits per heavy atom. The monoisotopic (exact) mass is 336 g/mol. The van der Waals surface area contributed by atoms with Gasteiger partial charge in [0, 0.05) is 18.2 Å². The molecule has 0 aliphatic carbocycles. The molecule has 0 bridgehead atoms. The van der Waals surface area contributed by atoms with Crippen molar-refractivity contribution in [2.45, 2.75) is 12.8 Å². The summed E-state index contributed by atoms with van der Waals surface area (Å²) < 4.78 is 9.87. The Kier molecular flexibility index (Phi) is 5.35. The number of carboxylic acid groups (broad SMARTS) is 1. The van der Waals surface area contributed by atoms with E-state index in [-0.39, 0.29) is 31.9 Å². The van der Waals surface area contributed by atoms with Crippen molar-refractivity contribution in [3.05, 3.63) is 18.2 Å². The number of methoxy groups -OCH3 is 1. The zero-order chi connectivity index (χ0) is 17.7. The Hall–Kier alpha value is -3.10. The normalized spacial score (nSPS) is 12.9. The third-order valence-corrected chi connectivity index (χ3v) is 3.27. The summed E-state index contributed by atoms with van der Waals surface area (Å²) in [6.45, 7) is -0.476. The van der Waals surface area contributed by atoms with E-state index in [9.17, 15) is 19.2 Å². The second kappa shape index (κ2) is 7.44. The summed E-state index contributed by atoms with van der Waals surface area (Å²) in [5, 5.41) is 11.1. The summed E-state index contributed by atoms with van der Waals surface area (Å²) in [6.07, 6.45) is -0.422. The Balaban J connectivity index is 2.12. The number of ether oxygens (including phenoxy) is 2. The molecule has 2 N–H and O–H groups in total. The molecule has 2 rings (SSSR count). The van der Waals surface area contributed by atoms with E-state index in [1.54, 1.807) is 0 Å². The number of aliphatic carboxylic acids is 1. The summed E-state index contributed by atoms with van der Waals surface area (Å²) in [5.41, 5.74) is 0.789. The Labute approximate surface area is 137 Å². The lowest BCUT2D eigenvalue weighted by molar-refractivity contribution is -0.140. The van der Waals surface area contributed by atoms with Gasteiger partial charge in [0.1, 0.15) is 12.3 Å². The molecule has 0 unspecified atom stereocenters. The molecule has 1 aromatic carbocycles. The smallest absolute Gasteiger partial charge is 0.325 e. The summed E-state index contributed by atoms with van der Waals surface area (Å²) in [4.78, 5) is 46.6. The average Bonchev–Trinajstić information content (AvgIpc) is 2.55. The second-order valence-corrected chi connectivity index (χ2v) is 4.97. The van der Waals surface area contributed by atoms with Crippen LogP contribution < -0.4 is 15.0 Å². The molecular formula is C15H16N2O7. The molecule has 9 heteroatoms. The predicted molar refractivity (Wildman–Crippen MR) is 81.8 cm³/mol. The number of rotatable bonds is 6. The van der Waals surface area contributed by atoms with Crippen LogP contribution in [0.1, 0.15) is 12.8 Å². The van der Waals surface area contributed by atoms with Gasteiger partial charge in [-0.05, 0) is 12.1 Å². The quantitative estimate of drug-likeness (QED) is 0.720. The minimum atomic E-state index is -1.06. The molecule has 0 atom stereocenters. The number of carboxylic acids is 1. The highest BCUT2D eigenvalue weighted by Crippen LogP contribution is 2.34. The van der Waals surface area contributed by atoms with Crippen LogP contribution in [0.2, 0.25) is 0 Å². The van der Waals surface area contributed by atoms with E-state index in [0.29, 0.717) is 17.1 Å². The first-order valence-electron chi connectivity index (χ1n) is 7.06. The highest BCUT2D eigenvalue weighted by Gasteiger charge is 2.28. The van der Waals surface area contributed by atoms with E-state index in [1.807, 2.05) is 0 Å². The lowest BCUT2D eigenvalue weighted by Gasteiger charge is -2.28. The fourth-order valence-electron chi connectivity index (χ4n) is 2.09. The van der Waals surface area contributed by atoms with Gasteiger partial charge in [0.2, 0.25) is 5.91 Å². The maximum atomic E-state index is 11.9. The molecule has 0 radical (unpaired) electrons. The average molecular weight is 336 g/mol. The summed E-state index contributed by atoms with van der Waals surface area (Å²) in [7, 11) is 1.23. The van der Waals surface area contributed by atoms with Crippen molar-refractivity contribution in [3.8, 4) is 5.75 Å². The van der Waals surface area contributed by atoms with Crippen LogP contribution in [-0.2, 0) is 23.9 Å². The van der Waals surface area contributed by atoms with Crippen molar-refractivity contribution in [3.63, 3.8) is 0 Å². The van der Waals surface area contributed by atoms with E-state index in [2.05, 4.69) is 10.1 Å². The largest absolute Gasteiger partial charge is 0.481 e. The third kappa shape index (κ3) is 4.22. The van der Waals surface area contributed by atoms with Crippen LogP contribution in [0.15, 0.2) is 18.2 Å². The summed E-state index contributed by atoms with van der Waals surface area (Å²) >= 11 is 0. The molecule has 0 spiro atoms. The molecule has 1 aromatic rings. The first-order chi connectivity index (χ1) is 11.4. The fraction of sp³-hybridized carbons (Fsp3) is 0.333. The first-order valence-corrected chi connectivity index (χ1v) is 7.06. The van der Waals surface area contributed by atoms with E-state index in [0.717, 1.165) is 0 Å². The molecule has 0 aromatic heterocycles. The van der Waals surface area contributed by atoms with Gasteiger partial charge in [-0.2, -0.15) is 0 Å². The molecular weight excluding hydrogens is 320 g/mol. The number of nitrogens with zero attached hydrogens (tertiary/aromatic N) is 1. The van der Waals surface area contributed by atoms with E-state index < -0.39 is 17.8 Å². The van der Waals surface area contributed by atoms with Crippen molar-refractivity contribution >= 4 is 35.1 Å². The van der Waals surface area contributed by atoms with Crippen molar-refractivity contribution < 1.29 is 33.8 Å². The molecule has 9 nitrogen and oxygen atoms in total. The number of hydrogen-bond acceptors (Lipinski definition) is 6. The van der Waals surface area contributed by atoms with Crippen molar-refractivity contribution in [2.24, 2.45) is 0 Å². The van der Waals surface area contributed by atoms with Gasteiger partial charge in [-0.1, -0.05) is 0 Å². The van der Waals surface area contributed by atoms with Gasteiger partial charge < -0.3 is 19.9 Å². The number of hydrogen-bond donors (Lipinski definition) is 2. The van der Waals surface area contributed by atoms with E-state index in [4.69, 9.17) is 9.84 Å². The Morgan fingerprint density at radius 3 is 2.75 bits per heavy atom. The van der Waals surface area contributed by atoms with Gasteiger partial charge in [-0.25, -0.2) is 0 Å². The van der Waals surface area contributed by atoms with Gasteiger partial charge in [-0.15, -0.1) is 0 Å². The standard InChI is InChI=1S/C15H16N2O7/c1-23-15(22)7-17-10-3-2-9(6-11(10)24-8-13(17)19)16-12(18)4-5-14(20)21/h2-3,6H,4-5,7-8H2,1H3,(H,16,18)(H,20,21). The molecule has 0 fully saturated rings. The van der Waals surface area contributed by atoms with Gasteiger partial charge in [0.05, 0.1) is 19.2 Å². The molecule has 1 heterocycles. The van der Waals surface area contributed by atoms with Crippen LogP contribution in [0.3, 0.4) is 0 Å². The molecule has 2 amide bonds. The Bertz CT molecular complexity index is 686. The van der Waals surface area contributed by atoms with Crippen molar-refractivity contribution in [2.75, 3.05) is 30.5 Å². The predicted octanol–water partition coefficient (Wildman–Crippen LogP) is 0.388. The van der Waals surface area contributed by atoms with Gasteiger partial charge in [-0.3, -0.25) is 24.1 Å². The second-order valence-electron chi connectivity index (χ2n) is 4.97. The molecule has 128 valence electrons. The number of anilines is 2. The van der Waals surface area contributed by atoms with Crippen LogP contribution >= 0.6 is 0 Å². The van der Waals surface area contributed by atoms with E-state index in [1.165, 1.54) is 30.2 Å². The first kappa shape index (κ1) is 17.3. The van der Waals surface area contributed by atoms with Crippen LogP contribution in [0.5, 0.6) is 5.75 Å². The van der Waals surface area contributed by atoms with Gasteiger partial charge in [0.15, 0.2) is 6.61 Å². The van der Waals surface area contributed by atoms with Crippen molar-refractivity contribution in [1.82, 2.24) is 0 Å². The van der Waals surface area contributed by atoms with Gasteiger partial charge in [0.25, 0.3) is 5.91 Å². The molecule has 0 saturated carbocycles. The summed E-state index contributed by atoms with van der Waals surface area (Å²) in [6, 6.07) is 4.57. The SMILES string of the molecule is COC(=O)CN1C(=O)COc2cc(NC(=O)CCC(=O)O)ccc21. The third-order valence-electron chi connectivity index (χ3n) is 3.27. The number of esters is 1. The number of benzene rings is 1. The number of amides is 2. The van der Waals surface area contributed by atoms with Crippen LogP contribution in [0, 0.1) is 0 Å². The summed E-state index contributed by atoms with van der Waals surface area (Å²) in [5.74, 6) is -2.13. The zero-order valence-electron chi connectivity index (χ0n) is 12.9. The lowest BCUT2D eigenvalue weighted by Crippen LogP contribution is -2.42. The molecule has 0 saturated heterocycles. The molecule has 1 aliphatic rings. The maximum absolute atomic E-state index is 11.9. The van der Waals surface area contributed by atoms with Crippen molar-refractivity contribution in [1.29, 1.82) is 0 Å².